The van der Waals surface area contributed by atoms with E-state index in [-0.39, 0.29) is 20.1 Å². The molecule has 0 saturated carbocycles. The molecule has 0 fully saturated rings. The summed E-state index contributed by atoms with van der Waals surface area (Å²) in [6.45, 7) is 6.79. The number of benzene rings is 3. The Bertz CT molecular complexity index is 1650. The fourth-order valence-corrected chi connectivity index (χ4v) is 7.21. The summed E-state index contributed by atoms with van der Waals surface area (Å²) >= 11 is 0. The van der Waals surface area contributed by atoms with Crippen molar-refractivity contribution < 1.29 is 20.1 Å². The number of aromatic nitrogens is 3. The van der Waals surface area contributed by atoms with E-state index in [1.807, 2.05) is 73.2 Å². The molecule has 0 amide bonds. The van der Waals surface area contributed by atoms with Crippen LogP contribution < -0.4 is 0 Å². The zero-order chi connectivity index (χ0) is 42.1. The van der Waals surface area contributed by atoms with Gasteiger partial charge in [0.15, 0.2) is 0 Å². The molecule has 3 nitrogen and oxygen atoms in total. The maximum Gasteiger partial charge on any atom is 3.00 e. The summed E-state index contributed by atoms with van der Waals surface area (Å²) in [5, 5.41) is 0. The molecule has 0 aliphatic carbocycles. The molecule has 6 aromatic rings. The van der Waals surface area contributed by atoms with Gasteiger partial charge in [0, 0.05) is 18.6 Å². The van der Waals surface area contributed by atoms with Crippen molar-refractivity contribution in [3.63, 3.8) is 0 Å². The average molecular weight is 991 g/mol. The van der Waals surface area contributed by atoms with E-state index in [1.54, 1.807) is 0 Å². The number of pyridine rings is 3. The average Bonchev–Trinajstić information content (AvgIpc) is 3.32. The number of hydrogen-bond donors (Lipinski definition) is 0. The van der Waals surface area contributed by atoms with Crippen LogP contribution in [0.3, 0.4) is 0 Å². The van der Waals surface area contributed by atoms with Crippen LogP contribution in [-0.4, -0.2) is 15.0 Å². The standard InChI is InChI=1S/3C19H24N.Ir/c3*1-2-3-4-5-6-7-10-17-12-14-18(15-13-17)19-11-8-9-16-20-19;/h3*8-9,11-14,16H,2-7,10H2,1H3;/q3*-1;+3. The van der Waals surface area contributed by atoms with E-state index < -0.39 is 0 Å². The SMILES string of the molecule is CCCCCCCCc1c[c-]c(-c2ccccn2)cc1.CCCCCCCCc1c[c-]c(-c2ccccn2)cc1.CCCCCCCCc1c[c-]c(-c2ccccn2)cc1.[Ir+3]. The van der Waals surface area contributed by atoms with Crippen LogP contribution in [-0.2, 0) is 39.4 Å². The molecule has 0 aliphatic rings. The predicted octanol–water partition coefficient (Wildman–Crippen LogP) is 16.4. The Morgan fingerprint density at radius 1 is 0.328 bits per heavy atom. The number of nitrogens with zero attached hydrogens (tertiary/aromatic N) is 3. The van der Waals surface area contributed by atoms with Crippen LogP contribution in [0.5, 0.6) is 0 Å². The summed E-state index contributed by atoms with van der Waals surface area (Å²) in [6.07, 6.45) is 33.3. The van der Waals surface area contributed by atoms with Gasteiger partial charge in [0.1, 0.15) is 0 Å². The first-order valence-electron chi connectivity index (χ1n) is 23.5. The normalized spacial score (nSPS) is 10.5. The van der Waals surface area contributed by atoms with E-state index in [1.165, 1.54) is 152 Å². The summed E-state index contributed by atoms with van der Waals surface area (Å²) < 4.78 is 0. The van der Waals surface area contributed by atoms with Gasteiger partial charge in [0.2, 0.25) is 0 Å². The number of rotatable bonds is 24. The van der Waals surface area contributed by atoms with Crippen molar-refractivity contribution in [1.82, 2.24) is 15.0 Å². The van der Waals surface area contributed by atoms with Gasteiger partial charge in [-0.2, -0.15) is 0 Å². The molecule has 324 valence electrons. The molecule has 0 atom stereocenters. The molecule has 3 aromatic heterocycles. The van der Waals surface area contributed by atoms with Crippen LogP contribution in [0.25, 0.3) is 33.8 Å². The van der Waals surface area contributed by atoms with Crippen molar-refractivity contribution in [3.8, 4) is 33.8 Å². The van der Waals surface area contributed by atoms with Gasteiger partial charge in [0.05, 0.1) is 0 Å². The Morgan fingerprint density at radius 3 is 0.836 bits per heavy atom. The first-order chi connectivity index (χ1) is 29.7. The maximum atomic E-state index is 4.35. The third-order valence-corrected chi connectivity index (χ3v) is 10.9. The van der Waals surface area contributed by atoms with Gasteiger partial charge < -0.3 is 15.0 Å². The Kier molecular flexibility index (Phi) is 28.0. The molecule has 0 radical (unpaired) electrons. The molecule has 6 rings (SSSR count). The van der Waals surface area contributed by atoms with Crippen molar-refractivity contribution in [2.24, 2.45) is 0 Å². The van der Waals surface area contributed by atoms with Crippen molar-refractivity contribution in [2.75, 3.05) is 0 Å². The van der Waals surface area contributed by atoms with E-state index >= 15 is 0 Å². The Labute approximate surface area is 385 Å². The monoisotopic (exact) mass is 992 g/mol. The van der Waals surface area contributed by atoms with Crippen LogP contribution in [0.2, 0.25) is 0 Å². The fourth-order valence-electron chi connectivity index (χ4n) is 7.21. The molecule has 61 heavy (non-hydrogen) atoms. The second-order valence-electron chi connectivity index (χ2n) is 16.0. The molecule has 3 aromatic carbocycles. The summed E-state index contributed by atoms with van der Waals surface area (Å²) in [5.74, 6) is 0. The number of hydrogen-bond acceptors (Lipinski definition) is 3. The van der Waals surface area contributed by atoms with Crippen LogP contribution in [0.4, 0.5) is 0 Å². The fraction of sp³-hybridized carbons (Fsp3) is 0.421. The molecule has 0 unspecified atom stereocenters. The molecule has 0 aliphatic heterocycles. The van der Waals surface area contributed by atoms with Crippen LogP contribution >= 0.6 is 0 Å². The Hall–Kier alpha value is -4.24. The van der Waals surface area contributed by atoms with Gasteiger partial charge in [-0.3, -0.25) is 0 Å². The quantitative estimate of drug-likeness (QED) is 0.0448. The van der Waals surface area contributed by atoms with Crippen LogP contribution in [0.15, 0.2) is 128 Å². The third-order valence-electron chi connectivity index (χ3n) is 10.9. The van der Waals surface area contributed by atoms with Crippen LogP contribution in [0.1, 0.15) is 153 Å². The zero-order valence-corrected chi connectivity index (χ0v) is 40.0. The molecule has 4 heteroatoms. The van der Waals surface area contributed by atoms with Crippen LogP contribution in [0, 0.1) is 18.2 Å². The largest absolute Gasteiger partial charge is 3.00 e. The predicted molar refractivity (Wildman–Crippen MR) is 257 cm³/mol. The molecule has 0 spiro atoms. The molecule has 0 saturated heterocycles. The van der Waals surface area contributed by atoms with Gasteiger partial charge in [-0.25, -0.2) is 0 Å². The molecule has 0 N–H and O–H groups in total. The smallest absolute Gasteiger partial charge is 0.305 e. The Morgan fingerprint density at radius 2 is 0.607 bits per heavy atom. The van der Waals surface area contributed by atoms with Crippen molar-refractivity contribution in [1.29, 1.82) is 0 Å². The second kappa shape index (κ2) is 33.4. The molecular formula is C57H72IrN3. The summed E-state index contributed by atoms with van der Waals surface area (Å²) in [7, 11) is 0. The van der Waals surface area contributed by atoms with Gasteiger partial charge in [-0.1, -0.05) is 192 Å². The summed E-state index contributed by atoms with van der Waals surface area (Å²) in [6, 6.07) is 47.4. The van der Waals surface area contributed by atoms with E-state index in [9.17, 15) is 0 Å². The van der Waals surface area contributed by atoms with Gasteiger partial charge in [-0.15, -0.1) is 106 Å². The molecule has 3 heterocycles. The molecule has 0 bridgehead atoms. The minimum Gasteiger partial charge on any atom is -0.305 e. The molecular weight excluding hydrogens is 919 g/mol. The van der Waals surface area contributed by atoms with Crippen molar-refractivity contribution >= 4 is 0 Å². The van der Waals surface area contributed by atoms with Gasteiger partial charge in [-0.05, 0) is 35.3 Å². The van der Waals surface area contributed by atoms with E-state index in [0.29, 0.717) is 0 Å². The minimum absolute atomic E-state index is 0. The van der Waals surface area contributed by atoms with E-state index in [2.05, 4.69) is 109 Å². The second-order valence-corrected chi connectivity index (χ2v) is 16.0. The van der Waals surface area contributed by atoms with Crippen molar-refractivity contribution in [3.05, 3.63) is 163 Å². The topological polar surface area (TPSA) is 38.7 Å². The number of aryl methyl sites for hydroxylation is 3. The summed E-state index contributed by atoms with van der Waals surface area (Å²) in [4.78, 5) is 13.1. The van der Waals surface area contributed by atoms with E-state index in [4.69, 9.17) is 0 Å². The summed E-state index contributed by atoms with van der Waals surface area (Å²) in [5.41, 5.74) is 10.4. The first kappa shape index (κ1) is 51.1. The maximum absolute atomic E-state index is 4.35. The first-order valence-corrected chi connectivity index (χ1v) is 23.5. The van der Waals surface area contributed by atoms with Crippen molar-refractivity contribution in [2.45, 2.75) is 156 Å². The van der Waals surface area contributed by atoms with Gasteiger partial charge in [0.25, 0.3) is 0 Å². The third kappa shape index (κ3) is 21.9. The van der Waals surface area contributed by atoms with Gasteiger partial charge >= 0.3 is 20.1 Å². The Balaban J connectivity index is 0.000000242. The minimum atomic E-state index is 0. The zero-order valence-electron chi connectivity index (χ0n) is 37.6. The van der Waals surface area contributed by atoms with E-state index in [0.717, 1.165) is 33.8 Å². The number of unbranched alkanes of at least 4 members (excludes halogenated alkanes) is 15.